The average Bonchev–Trinajstić information content (AvgIpc) is 2.42. The normalized spacial score (nSPS) is 26.5. The van der Waals surface area contributed by atoms with Crippen LogP contribution in [-0.2, 0) is 9.53 Å². The number of likely N-dealkylation sites (tertiary alicyclic amines) is 1. The number of ether oxygens (including phenoxy) is 1. The summed E-state index contributed by atoms with van der Waals surface area (Å²) in [6, 6.07) is 2.44. The first-order valence-corrected chi connectivity index (χ1v) is 6.77. The zero-order chi connectivity index (χ0) is 12.8. The summed E-state index contributed by atoms with van der Waals surface area (Å²) in [6.07, 6.45) is 3.82. The van der Waals surface area contributed by atoms with E-state index in [1.807, 2.05) is 0 Å². The Balaban J connectivity index is 1.70. The van der Waals surface area contributed by atoms with Crippen LogP contribution >= 0.6 is 0 Å². The maximum atomic E-state index is 12.0. The minimum Gasteiger partial charge on any atom is -0.381 e. The van der Waals surface area contributed by atoms with Gasteiger partial charge in [-0.3, -0.25) is 9.69 Å². The van der Waals surface area contributed by atoms with Gasteiger partial charge in [-0.15, -0.1) is 0 Å². The molecule has 0 aromatic heterocycles. The SMILES string of the molecule is N#CCN1CCC(NC(=O)C2CCCOC2)CC1. The van der Waals surface area contributed by atoms with E-state index in [9.17, 15) is 4.79 Å². The summed E-state index contributed by atoms with van der Waals surface area (Å²) in [5, 5.41) is 11.7. The number of hydrogen-bond acceptors (Lipinski definition) is 4. The molecule has 0 saturated carbocycles. The highest BCUT2D eigenvalue weighted by molar-refractivity contribution is 5.79. The molecule has 100 valence electrons. The van der Waals surface area contributed by atoms with Crippen molar-refractivity contribution in [3.63, 3.8) is 0 Å². The van der Waals surface area contributed by atoms with E-state index < -0.39 is 0 Å². The largest absolute Gasteiger partial charge is 0.381 e. The third-order valence-electron chi connectivity index (χ3n) is 3.76. The average molecular weight is 251 g/mol. The Morgan fingerprint density at radius 2 is 2.17 bits per heavy atom. The van der Waals surface area contributed by atoms with Crippen molar-refractivity contribution in [1.82, 2.24) is 10.2 Å². The monoisotopic (exact) mass is 251 g/mol. The first-order chi connectivity index (χ1) is 8.79. The predicted octanol–water partition coefficient (Wildman–Crippen LogP) is 0.517. The van der Waals surface area contributed by atoms with Crippen molar-refractivity contribution in [3.8, 4) is 6.07 Å². The van der Waals surface area contributed by atoms with E-state index in [1.165, 1.54) is 0 Å². The fourth-order valence-electron chi connectivity index (χ4n) is 2.60. The van der Waals surface area contributed by atoms with Crippen LogP contribution in [0, 0.1) is 17.2 Å². The van der Waals surface area contributed by atoms with Gasteiger partial charge in [0.25, 0.3) is 0 Å². The summed E-state index contributed by atoms with van der Waals surface area (Å²) in [5.74, 6) is 0.185. The molecule has 0 aromatic carbocycles. The van der Waals surface area contributed by atoms with Gasteiger partial charge in [0.1, 0.15) is 0 Å². The number of hydrogen-bond donors (Lipinski definition) is 1. The van der Waals surface area contributed by atoms with E-state index in [0.717, 1.165) is 45.4 Å². The van der Waals surface area contributed by atoms with Crippen LogP contribution < -0.4 is 5.32 Å². The zero-order valence-electron chi connectivity index (χ0n) is 10.7. The molecule has 2 saturated heterocycles. The fourth-order valence-corrected chi connectivity index (χ4v) is 2.60. The molecule has 1 unspecified atom stereocenters. The Hall–Kier alpha value is -1.12. The van der Waals surface area contributed by atoms with Gasteiger partial charge in [0, 0.05) is 25.7 Å². The third kappa shape index (κ3) is 3.69. The molecule has 0 aromatic rings. The molecular weight excluding hydrogens is 230 g/mol. The molecule has 1 N–H and O–H groups in total. The van der Waals surface area contributed by atoms with Crippen molar-refractivity contribution < 1.29 is 9.53 Å². The van der Waals surface area contributed by atoms with Crippen LogP contribution in [0.1, 0.15) is 25.7 Å². The Kier molecular flexibility index (Phi) is 4.97. The standard InChI is InChI=1S/C13H21N3O2/c14-5-8-16-6-3-12(4-7-16)15-13(17)11-2-1-9-18-10-11/h11-12H,1-4,6-10H2,(H,15,17). The number of amides is 1. The second kappa shape index (κ2) is 6.72. The van der Waals surface area contributed by atoms with Gasteiger partial charge in [-0.25, -0.2) is 0 Å². The van der Waals surface area contributed by atoms with Crippen LogP contribution in [0.5, 0.6) is 0 Å². The van der Waals surface area contributed by atoms with E-state index >= 15 is 0 Å². The Morgan fingerprint density at radius 3 is 2.78 bits per heavy atom. The number of piperidine rings is 1. The van der Waals surface area contributed by atoms with Crippen molar-refractivity contribution in [2.45, 2.75) is 31.7 Å². The minimum absolute atomic E-state index is 0.0379. The van der Waals surface area contributed by atoms with Gasteiger partial charge in [-0.1, -0.05) is 0 Å². The second-order valence-electron chi connectivity index (χ2n) is 5.13. The van der Waals surface area contributed by atoms with Crippen LogP contribution in [0.25, 0.3) is 0 Å². The minimum atomic E-state index is 0.0379. The smallest absolute Gasteiger partial charge is 0.225 e. The predicted molar refractivity (Wildman–Crippen MR) is 66.8 cm³/mol. The van der Waals surface area contributed by atoms with Crippen molar-refractivity contribution in [1.29, 1.82) is 5.26 Å². The summed E-state index contributed by atoms with van der Waals surface area (Å²) < 4.78 is 5.34. The lowest BCUT2D eigenvalue weighted by atomic mass is 9.99. The molecule has 0 aliphatic carbocycles. The van der Waals surface area contributed by atoms with E-state index in [4.69, 9.17) is 10.00 Å². The van der Waals surface area contributed by atoms with Gasteiger partial charge in [0.15, 0.2) is 0 Å². The topological polar surface area (TPSA) is 65.4 Å². The van der Waals surface area contributed by atoms with E-state index in [0.29, 0.717) is 13.2 Å². The van der Waals surface area contributed by atoms with Crippen LogP contribution in [-0.4, -0.2) is 49.7 Å². The summed E-state index contributed by atoms with van der Waals surface area (Å²) in [7, 11) is 0. The number of carbonyl (C=O) groups is 1. The highest BCUT2D eigenvalue weighted by atomic mass is 16.5. The third-order valence-corrected chi connectivity index (χ3v) is 3.76. The summed E-state index contributed by atoms with van der Waals surface area (Å²) in [6.45, 7) is 3.66. The van der Waals surface area contributed by atoms with Gasteiger partial charge in [-0.05, 0) is 25.7 Å². The fraction of sp³-hybridized carbons (Fsp3) is 0.846. The maximum absolute atomic E-state index is 12.0. The molecule has 2 aliphatic heterocycles. The number of nitrogens with one attached hydrogen (secondary N) is 1. The van der Waals surface area contributed by atoms with Gasteiger partial charge in [0.2, 0.25) is 5.91 Å². The van der Waals surface area contributed by atoms with Crippen molar-refractivity contribution in [2.24, 2.45) is 5.92 Å². The Labute approximate surface area is 108 Å². The van der Waals surface area contributed by atoms with Crippen LogP contribution in [0.4, 0.5) is 0 Å². The van der Waals surface area contributed by atoms with Crippen molar-refractivity contribution in [3.05, 3.63) is 0 Å². The molecule has 18 heavy (non-hydrogen) atoms. The number of rotatable bonds is 3. The first-order valence-electron chi connectivity index (χ1n) is 6.77. The molecule has 2 aliphatic rings. The molecule has 0 radical (unpaired) electrons. The van der Waals surface area contributed by atoms with E-state index in [2.05, 4.69) is 16.3 Å². The lowest BCUT2D eigenvalue weighted by Crippen LogP contribution is -2.47. The van der Waals surface area contributed by atoms with Crippen molar-refractivity contribution in [2.75, 3.05) is 32.8 Å². The molecule has 5 heteroatoms. The molecule has 1 amide bonds. The maximum Gasteiger partial charge on any atom is 0.225 e. The van der Waals surface area contributed by atoms with Gasteiger partial charge in [-0.2, -0.15) is 5.26 Å². The van der Waals surface area contributed by atoms with Crippen LogP contribution in [0.2, 0.25) is 0 Å². The Morgan fingerprint density at radius 1 is 1.39 bits per heavy atom. The molecule has 5 nitrogen and oxygen atoms in total. The van der Waals surface area contributed by atoms with E-state index in [1.54, 1.807) is 0 Å². The Bertz CT molecular complexity index is 313. The lowest BCUT2D eigenvalue weighted by molar-refractivity contribution is -0.130. The molecule has 2 rings (SSSR count). The number of nitrogens with zero attached hydrogens (tertiary/aromatic N) is 2. The highest BCUT2D eigenvalue weighted by Gasteiger charge is 2.26. The quantitative estimate of drug-likeness (QED) is 0.743. The zero-order valence-corrected chi connectivity index (χ0v) is 10.7. The number of carbonyl (C=O) groups excluding carboxylic acids is 1. The van der Waals surface area contributed by atoms with E-state index in [-0.39, 0.29) is 17.9 Å². The highest BCUT2D eigenvalue weighted by Crippen LogP contribution is 2.15. The molecule has 1 atom stereocenters. The first kappa shape index (κ1) is 13.3. The molecular formula is C13H21N3O2. The summed E-state index contributed by atoms with van der Waals surface area (Å²) in [5.41, 5.74) is 0. The number of nitriles is 1. The molecule has 2 fully saturated rings. The lowest BCUT2D eigenvalue weighted by Gasteiger charge is -2.32. The van der Waals surface area contributed by atoms with Gasteiger partial charge < -0.3 is 10.1 Å². The van der Waals surface area contributed by atoms with Crippen LogP contribution in [0.3, 0.4) is 0 Å². The van der Waals surface area contributed by atoms with Crippen LogP contribution in [0.15, 0.2) is 0 Å². The second-order valence-corrected chi connectivity index (χ2v) is 5.13. The van der Waals surface area contributed by atoms with Crippen molar-refractivity contribution >= 4 is 5.91 Å². The summed E-state index contributed by atoms with van der Waals surface area (Å²) in [4.78, 5) is 14.1. The van der Waals surface area contributed by atoms with Gasteiger partial charge >= 0.3 is 0 Å². The molecule has 0 spiro atoms. The van der Waals surface area contributed by atoms with Gasteiger partial charge in [0.05, 0.1) is 25.1 Å². The molecule has 2 heterocycles. The summed E-state index contributed by atoms with van der Waals surface area (Å²) >= 11 is 0. The molecule has 0 bridgehead atoms.